The van der Waals surface area contributed by atoms with Gasteiger partial charge in [-0.15, -0.1) is 0 Å². The highest BCUT2D eigenvalue weighted by Gasteiger charge is 2.18. The molecule has 1 rings (SSSR count). The summed E-state index contributed by atoms with van der Waals surface area (Å²) in [6.07, 6.45) is 3.08. The van der Waals surface area contributed by atoms with E-state index in [1.54, 1.807) is 7.11 Å². The van der Waals surface area contributed by atoms with Gasteiger partial charge in [0.15, 0.2) is 0 Å². The quantitative estimate of drug-likeness (QED) is 0.882. The standard InChI is InChI=1S/C15H25NOS/c1-15(2,3)11-6-7-14(17-4)12(10-11)13(16)8-9-18-5/h6-7,10,13H,8-9,16H2,1-5H3. The van der Waals surface area contributed by atoms with E-state index in [9.17, 15) is 0 Å². The number of nitrogens with two attached hydrogens (primary N) is 1. The van der Waals surface area contributed by atoms with Crippen molar-refractivity contribution in [1.82, 2.24) is 0 Å². The number of hydrogen-bond acceptors (Lipinski definition) is 3. The van der Waals surface area contributed by atoms with Crippen LogP contribution < -0.4 is 10.5 Å². The summed E-state index contributed by atoms with van der Waals surface area (Å²) in [4.78, 5) is 0. The molecular formula is C15H25NOS. The summed E-state index contributed by atoms with van der Waals surface area (Å²) in [5.74, 6) is 1.97. The lowest BCUT2D eigenvalue weighted by molar-refractivity contribution is 0.404. The Morgan fingerprint density at radius 3 is 2.50 bits per heavy atom. The summed E-state index contributed by atoms with van der Waals surface area (Å²) in [5.41, 5.74) is 8.84. The lowest BCUT2D eigenvalue weighted by atomic mass is 9.85. The van der Waals surface area contributed by atoms with Gasteiger partial charge >= 0.3 is 0 Å². The molecule has 0 radical (unpaired) electrons. The molecule has 0 bridgehead atoms. The van der Waals surface area contributed by atoms with Crippen LogP contribution in [0.1, 0.15) is 44.4 Å². The average molecular weight is 267 g/mol. The van der Waals surface area contributed by atoms with Gasteiger partial charge in [0.05, 0.1) is 7.11 Å². The number of thioether (sulfide) groups is 1. The molecule has 0 aliphatic carbocycles. The Kier molecular flexibility index (Phi) is 5.54. The fourth-order valence-electron chi connectivity index (χ4n) is 1.89. The van der Waals surface area contributed by atoms with Crippen molar-refractivity contribution in [3.63, 3.8) is 0 Å². The number of rotatable bonds is 5. The summed E-state index contributed by atoms with van der Waals surface area (Å²) in [6, 6.07) is 6.41. The molecular weight excluding hydrogens is 242 g/mol. The summed E-state index contributed by atoms with van der Waals surface area (Å²) in [5, 5.41) is 0. The van der Waals surface area contributed by atoms with Crippen LogP contribution in [-0.2, 0) is 5.41 Å². The van der Waals surface area contributed by atoms with Crippen molar-refractivity contribution in [2.45, 2.75) is 38.6 Å². The van der Waals surface area contributed by atoms with Crippen LogP contribution in [0.2, 0.25) is 0 Å². The Bertz CT molecular complexity index is 385. The van der Waals surface area contributed by atoms with Crippen LogP contribution in [0.3, 0.4) is 0 Å². The van der Waals surface area contributed by atoms with Crippen molar-refractivity contribution in [2.75, 3.05) is 19.1 Å². The lowest BCUT2D eigenvalue weighted by Crippen LogP contribution is -2.16. The third-order valence-corrected chi connectivity index (χ3v) is 3.77. The van der Waals surface area contributed by atoms with Gasteiger partial charge in [-0.05, 0) is 35.5 Å². The van der Waals surface area contributed by atoms with Crippen LogP contribution in [0.25, 0.3) is 0 Å². The Morgan fingerprint density at radius 2 is 2.00 bits per heavy atom. The van der Waals surface area contributed by atoms with Gasteiger partial charge in [0.25, 0.3) is 0 Å². The number of benzene rings is 1. The molecule has 102 valence electrons. The zero-order valence-electron chi connectivity index (χ0n) is 12.1. The first-order chi connectivity index (χ1) is 8.40. The lowest BCUT2D eigenvalue weighted by Gasteiger charge is -2.23. The maximum atomic E-state index is 6.28. The first kappa shape index (κ1) is 15.4. The van der Waals surface area contributed by atoms with Crippen LogP contribution in [0.15, 0.2) is 18.2 Å². The van der Waals surface area contributed by atoms with E-state index < -0.39 is 0 Å². The molecule has 0 spiro atoms. The molecule has 0 aliphatic rings. The van der Waals surface area contributed by atoms with Crippen molar-refractivity contribution in [2.24, 2.45) is 5.73 Å². The van der Waals surface area contributed by atoms with Gasteiger partial charge in [-0.1, -0.05) is 32.9 Å². The van der Waals surface area contributed by atoms with Gasteiger partial charge in [0.2, 0.25) is 0 Å². The maximum absolute atomic E-state index is 6.28. The zero-order chi connectivity index (χ0) is 13.8. The van der Waals surface area contributed by atoms with Crippen LogP contribution >= 0.6 is 11.8 Å². The zero-order valence-corrected chi connectivity index (χ0v) is 12.9. The van der Waals surface area contributed by atoms with Gasteiger partial charge in [-0.2, -0.15) is 11.8 Å². The van der Waals surface area contributed by atoms with Gasteiger partial charge < -0.3 is 10.5 Å². The molecule has 1 unspecified atom stereocenters. The molecule has 1 atom stereocenters. The predicted octanol–water partition coefficient (Wildman–Crippen LogP) is 3.75. The molecule has 0 fully saturated rings. The number of hydrogen-bond donors (Lipinski definition) is 1. The summed E-state index contributed by atoms with van der Waals surface area (Å²) < 4.78 is 5.43. The minimum absolute atomic E-state index is 0.0506. The summed E-state index contributed by atoms with van der Waals surface area (Å²) >= 11 is 1.83. The first-order valence-corrected chi connectivity index (χ1v) is 7.72. The topological polar surface area (TPSA) is 35.2 Å². The Balaban J connectivity index is 3.06. The molecule has 18 heavy (non-hydrogen) atoms. The minimum Gasteiger partial charge on any atom is -0.496 e. The predicted molar refractivity (Wildman–Crippen MR) is 81.6 cm³/mol. The number of ether oxygens (including phenoxy) is 1. The van der Waals surface area contributed by atoms with E-state index in [0.717, 1.165) is 23.5 Å². The van der Waals surface area contributed by atoms with Crippen molar-refractivity contribution in [1.29, 1.82) is 0 Å². The fourth-order valence-corrected chi connectivity index (χ4v) is 2.38. The van der Waals surface area contributed by atoms with Gasteiger partial charge in [-0.3, -0.25) is 0 Å². The molecule has 0 saturated carbocycles. The summed E-state index contributed by atoms with van der Waals surface area (Å²) in [6.45, 7) is 6.64. The normalized spacial score (nSPS) is 13.4. The second-order valence-electron chi connectivity index (χ2n) is 5.59. The highest BCUT2D eigenvalue weighted by molar-refractivity contribution is 7.98. The largest absolute Gasteiger partial charge is 0.496 e. The molecule has 0 aromatic heterocycles. The second-order valence-corrected chi connectivity index (χ2v) is 6.58. The molecule has 3 heteroatoms. The molecule has 0 heterocycles. The van der Waals surface area contributed by atoms with E-state index in [4.69, 9.17) is 10.5 Å². The van der Waals surface area contributed by atoms with Crippen molar-refractivity contribution < 1.29 is 4.74 Å². The Morgan fingerprint density at radius 1 is 1.33 bits per heavy atom. The van der Waals surface area contributed by atoms with Crippen molar-refractivity contribution >= 4 is 11.8 Å². The summed E-state index contributed by atoms with van der Waals surface area (Å²) in [7, 11) is 1.71. The highest BCUT2D eigenvalue weighted by atomic mass is 32.2. The SMILES string of the molecule is COc1ccc(C(C)(C)C)cc1C(N)CCSC. The molecule has 0 amide bonds. The van der Waals surface area contributed by atoms with Crippen LogP contribution in [0, 0.1) is 0 Å². The molecule has 2 nitrogen and oxygen atoms in total. The first-order valence-electron chi connectivity index (χ1n) is 6.33. The van der Waals surface area contributed by atoms with E-state index in [-0.39, 0.29) is 11.5 Å². The second kappa shape index (κ2) is 6.48. The third kappa shape index (κ3) is 3.92. The monoisotopic (exact) mass is 267 g/mol. The minimum atomic E-state index is 0.0506. The Hall–Kier alpha value is -0.670. The fraction of sp³-hybridized carbons (Fsp3) is 0.600. The maximum Gasteiger partial charge on any atom is 0.123 e. The van der Waals surface area contributed by atoms with Gasteiger partial charge in [-0.25, -0.2) is 0 Å². The smallest absolute Gasteiger partial charge is 0.123 e. The molecule has 0 aliphatic heterocycles. The average Bonchev–Trinajstić information content (AvgIpc) is 2.34. The van der Waals surface area contributed by atoms with Crippen molar-refractivity contribution in [3.8, 4) is 5.75 Å². The van der Waals surface area contributed by atoms with E-state index in [1.807, 2.05) is 17.8 Å². The van der Waals surface area contributed by atoms with Crippen LogP contribution in [-0.4, -0.2) is 19.1 Å². The van der Waals surface area contributed by atoms with E-state index in [0.29, 0.717) is 0 Å². The van der Waals surface area contributed by atoms with Crippen LogP contribution in [0.5, 0.6) is 5.75 Å². The molecule has 2 N–H and O–H groups in total. The van der Waals surface area contributed by atoms with E-state index >= 15 is 0 Å². The van der Waals surface area contributed by atoms with E-state index in [2.05, 4.69) is 39.2 Å². The van der Waals surface area contributed by atoms with Gasteiger partial charge in [0, 0.05) is 11.6 Å². The van der Waals surface area contributed by atoms with E-state index in [1.165, 1.54) is 5.56 Å². The van der Waals surface area contributed by atoms with Crippen molar-refractivity contribution in [3.05, 3.63) is 29.3 Å². The number of methoxy groups -OCH3 is 1. The van der Waals surface area contributed by atoms with Gasteiger partial charge in [0.1, 0.15) is 5.75 Å². The molecule has 1 aromatic rings. The Labute approximate surface area is 115 Å². The molecule has 1 aromatic carbocycles. The third-order valence-electron chi connectivity index (χ3n) is 3.13. The highest BCUT2D eigenvalue weighted by Crippen LogP contribution is 2.32. The molecule has 0 saturated heterocycles. The van der Waals surface area contributed by atoms with Crippen LogP contribution in [0.4, 0.5) is 0 Å².